The normalized spacial score (nSPS) is 24.6. The second-order valence-electron chi connectivity index (χ2n) is 2.71. The second-order valence-corrected chi connectivity index (χ2v) is 3.50. The van der Waals surface area contributed by atoms with E-state index in [4.69, 9.17) is 4.74 Å². The number of nitrogens with one attached hydrogen (secondary N) is 1. The zero-order valence-electron chi connectivity index (χ0n) is 7.48. The fourth-order valence-electron chi connectivity index (χ4n) is 0.996. The molecule has 5 nitrogen and oxygen atoms in total. The smallest absolute Gasteiger partial charge is 0.299 e. The van der Waals surface area contributed by atoms with Crippen LogP contribution in [0.15, 0.2) is 24.4 Å². The zero-order chi connectivity index (χ0) is 10.4. The molecule has 0 bridgehead atoms. The van der Waals surface area contributed by atoms with E-state index in [1.165, 1.54) is 12.3 Å². The Balaban J connectivity index is 2.59. The van der Waals surface area contributed by atoms with Gasteiger partial charge in [-0.15, -0.1) is 0 Å². The van der Waals surface area contributed by atoms with E-state index in [9.17, 15) is 10.1 Å². The van der Waals surface area contributed by atoms with Gasteiger partial charge in [0, 0.05) is 17.6 Å². The van der Waals surface area contributed by atoms with Crippen molar-refractivity contribution in [3.63, 3.8) is 0 Å². The van der Waals surface area contributed by atoms with Crippen molar-refractivity contribution in [1.82, 2.24) is 5.32 Å². The van der Waals surface area contributed by atoms with Crippen LogP contribution in [-0.2, 0) is 4.74 Å². The van der Waals surface area contributed by atoms with E-state index in [1.807, 2.05) is 0 Å². The molecule has 0 spiro atoms. The lowest BCUT2D eigenvalue weighted by Crippen LogP contribution is -2.51. The Kier molecular flexibility index (Phi) is 4.09. The molecule has 0 fully saturated rings. The van der Waals surface area contributed by atoms with Gasteiger partial charge in [-0.3, -0.25) is 20.2 Å². The number of alkyl halides is 1. The Morgan fingerprint density at radius 2 is 2.36 bits per heavy atom. The monoisotopic (exact) mass is 262 g/mol. The molecule has 0 aromatic rings. The minimum Gasteiger partial charge on any atom is -0.299 e. The number of nitrogens with zero attached hydrogens (tertiary/aromatic N) is 1. The van der Waals surface area contributed by atoms with Gasteiger partial charge in [-0.2, -0.15) is 0 Å². The Labute approximate surface area is 90.1 Å². The molecule has 0 aromatic heterocycles. The third-order valence-electron chi connectivity index (χ3n) is 1.69. The molecule has 1 atom stereocenters. The molecule has 14 heavy (non-hydrogen) atoms. The van der Waals surface area contributed by atoms with Gasteiger partial charge < -0.3 is 0 Å². The number of halogens is 1. The highest BCUT2D eigenvalue weighted by Crippen LogP contribution is 2.14. The first-order valence-corrected chi connectivity index (χ1v) is 5.30. The summed E-state index contributed by atoms with van der Waals surface area (Å²) in [5, 5.41) is 14.1. The fraction of sp³-hybridized carbons (Fsp3) is 0.500. The molecule has 1 rings (SSSR count). The molecule has 0 aromatic carbocycles. The molecule has 0 aliphatic carbocycles. The lowest BCUT2D eigenvalue weighted by atomic mass is 10.3. The van der Waals surface area contributed by atoms with Crippen LogP contribution in [0.5, 0.6) is 0 Å². The van der Waals surface area contributed by atoms with Gasteiger partial charge in [-0.05, 0) is 12.5 Å². The van der Waals surface area contributed by atoms with Crippen LogP contribution in [0.1, 0.15) is 6.42 Å². The lowest BCUT2D eigenvalue weighted by Gasteiger charge is -2.23. The van der Waals surface area contributed by atoms with Crippen molar-refractivity contribution in [2.45, 2.75) is 12.3 Å². The van der Waals surface area contributed by atoms with E-state index in [-0.39, 0.29) is 0 Å². The van der Waals surface area contributed by atoms with Crippen LogP contribution in [0.2, 0.25) is 0 Å². The average Bonchev–Trinajstić information content (AvgIpc) is 2.19. The maximum absolute atomic E-state index is 10.8. The Bertz CT molecular complexity index is 267. The third-order valence-corrected chi connectivity index (χ3v) is 2.25. The van der Waals surface area contributed by atoms with Gasteiger partial charge in [0.1, 0.15) is 0 Å². The second kappa shape index (κ2) is 5.11. The summed E-state index contributed by atoms with van der Waals surface area (Å²) in [6, 6.07) is 0. The Morgan fingerprint density at radius 1 is 1.57 bits per heavy atom. The van der Waals surface area contributed by atoms with Gasteiger partial charge in [-0.1, -0.05) is 22.0 Å². The van der Waals surface area contributed by atoms with Crippen molar-refractivity contribution in [3.8, 4) is 0 Å². The average molecular weight is 263 g/mol. The van der Waals surface area contributed by atoms with E-state index in [1.54, 1.807) is 12.2 Å². The summed E-state index contributed by atoms with van der Waals surface area (Å²) in [5.74, 6) is -1.59. The molecular formula is C8H11BrN2O3. The van der Waals surface area contributed by atoms with Crippen LogP contribution in [0.25, 0.3) is 0 Å². The molecule has 0 amide bonds. The maximum Gasteiger partial charge on any atom is 0.427 e. The van der Waals surface area contributed by atoms with Gasteiger partial charge >= 0.3 is 5.85 Å². The predicted octanol–water partition coefficient (Wildman–Crippen LogP) is 1.39. The minimum atomic E-state index is -1.59. The first-order chi connectivity index (χ1) is 6.71. The third kappa shape index (κ3) is 2.55. The Hall–Kier alpha value is -0.880. The summed E-state index contributed by atoms with van der Waals surface area (Å²) in [4.78, 5) is 10.3. The van der Waals surface area contributed by atoms with Crippen LogP contribution in [-0.4, -0.2) is 22.7 Å². The van der Waals surface area contributed by atoms with Crippen molar-refractivity contribution in [1.29, 1.82) is 0 Å². The number of dihydropyridines is 1. The lowest BCUT2D eigenvalue weighted by molar-refractivity contribution is -0.620. The molecule has 6 heteroatoms. The molecule has 0 radical (unpaired) electrons. The summed E-state index contributed by atoms with van der Waals surface area (Å²) in [7, 11) is 0. The van der Waals surface area contributed by atoms with Crippen LogP contribution in [0.3, 0.4) is 0 Å². The van der Waals surface area contributed by atoms with Gasteiger partial charge in [-0.25, -0.2) is 0 Å². The summed E-state index contributed by atoms with van der Waals surface area (Å²) >= 11 is 3.23. The van der Waals surface area contributed by atoms with E-state index >= 15 is 0 Å². The van der Waals surface area contributed by atoms with E-state index in [0.717, 1.165) is 11.8 Å². The van der Waals surface area contributed by atoms with Gasteiger partial charge in [0.2, 0.25) is 0 Å². The molecule has 78 valence electrons. The van der Waals surface area contributed by atoms with Crippen molar-refractivity contribution in [3.05, 3.63) is 34.5 Å². The first-order valence-electron chi connectivity index (χ1n) is 4.18. The first kappa shape index (κ1) is 11.2. The van der Waals surface area contributed by atoms with E-state index in [0.29, 0.717) is 6.61 Å². The van der Waals surface area contributed by atoms with Crippen LogP contribution in [0, 0.1) is 10.1 Å². The largest absolute Gasteiger partial charge is 0.427 e. The van der Waals surface area contributed by atoms with Crippen molar-refractivity contribution in [2.75, 3.05) is 11.9 Å². The maximum atomic E-state index is 10.8. The molecule has 1 aliphatic heterocycles. The van der Waals surface area contributed by atoms with E-state index < -0.39 is 10.8 Å². The van der Waals surface area contributed by atoms with Gasteiger partial charge in [0.25, 0.3) is 0 Å². The predicted molar refractivity (Wildman–Crippen MR) is 55.5 cm³/mol. The molecule has 1 N–H and O–H groups in total. The van der Waals surface area contributed by atoms with Crippen LogP contribution in [0.4, 0.5) is 0 Å². The van der Waals surface area contributed by atoms with Crippen molar-refractivity contribution in [2.24, 2.45) is 0 Å². The number of ether oxygens (including phenoxy) is 1. The molecule has 0 saturated heterocycles. The number of allylic oxidation sites excluding steroid dienone is 2. The molecule has 1 unspecified atom stereocenters. The van der Waals surface area contributed by atoms with Crippen LogP contribution < -0.4 is 5.32 Å². The number of rotatable bonds is 5. The number of nitro groups is 1. The molecule has 0 saturated carbocycles. The zero-order valence-corrected chi connectivity index (χ0v) is 9.07. The SMILES string of the molecule is O=[N+]([O-])C1(OCCCBr)C=CC=CN1. The quantitative estimate of drug-likeness (QED) is 0.267. The van der Waals surface area contributed by atoms with Gasteiger partial charge in [0.05, 0.1) is 11.5 Å². The summed E-state index contributed by atoms with van der Waals surface area (Å²) in [5.41, 5.74) is 0. The molecule has 1 aliphatic rings. The van der Waals surface area contributed by atoms with Crippen molar-refractivity contribution < 1.29 is 9.66 Å². The fourth-order valence-corrected chi connectivity index (χ4v) is 1.22. The minimum absolute atomic E-state index is 0.331. The van der Waals surface area contributed by atoms with Crippen LogP contribution >= 0.6 is 15.9 Å². The highest BCUT2D eigenvalue weighted by molar-refractivity contribution is 9.09. The summed E-state index contributed by atoms with van der Waals surface area (Å²) < 4.78 is 5.19. The number of hydrogen-bond donors (Lipinski definition) is 1. The Morgan fingerprint density at radius 3 is 2.86 bits per heavy atom. The van der Waals surface area contributed by atoms with Gasteiger partial charge in [0.15, 0.2) is 0 Å². The standard InChI is InChI=1S/C8H11BrN2O3/c9-5-3-7-14-8(11(12)13)4-1-2-6-10-8/h1-2,4,6,10H,3,5,7H2. The topological polar surface area (TPSA) is 64.4 Å². The summed E-state index contributed by atoms with van der Waals surface area (Å²) in [6.45, 7) is 0.331. The number of hydrogen-bond acceptors (Lipinski definition) is 4. The molecular weight excluding hydrogens is 252 g/mol. The van der Waals surface area contributed by atoms with E-state index in [2.05, 4.69) is 21.2 Å². The van der Waals surface area contributed by atoms with Crippen molar-refractivity contribution >= 4 is 15.9 Å². The summed E-state index contributed by atoms with van der Waals surface area (Å²) in [6.07, 6.45) is 6.88. The highest BCUT2D eigenvalue weighted by atomic mass is 79.9. The molecule has 1 heterocycles. The highest BCUT2D eigenvalue weighted by Gasteiger charge is 2.41.